The molecule has 6 nitrogen and oxygen atoms in total. The van der Waals surface area contributed by atoms with Gasteiger partial charge >= 0.3 is 0 Å². The lowest BCUT2D eigenvalue weighted by Gasteiger charge is -2.12. The van der Waals surface area contributed by atoms with Crippen LogP contribution in [0, 0.1) is 19.7 Å². The Hall–Kier alpha value is -2.52. The van der Waals surface area contributed by atoms with Crippen LogP contribution in [0.25, 0.3) is 11.4 Å². The lowest BCUT2D eigenvalue weighted by Crippen LogP contribution is -2.22. The molecule has 0 saturated carbocycles. The van der Waals surface area contributed by atoms with E-state index in [4.69, 9.17) is 0 Å². The van der Waals surface area contributed by atoms with E-state index < -0.39 is 5.25 Å². The summed E-state index contributed by atoms with van der Waals surface area (Å²) in [6.45, 7) is 9.80. The first-order valence-corrected chi connectivity index (χ1v) is 10.3. The van der Waals surface area contributed by atoms with Crippen molar-refractivity contribution in [2.24, 2.45) is 0 Å². The van der Waals surface area contributed by atoms with Crippen LogP contribution in [-0.2, 0) is 11.3 Å². The van der Waals surface area contributed by atoms with Gasteiger partial charge in [0.2, 0.25) is 5.91 Å². The van der Waals surface area contributed by atoms with Crippen LogP contribution in [0.3, 0.4) is 0 Å². The van der Waals surface area contributed by atoms with Crippen LogP contribution in [0.4, 0.5) is 9.52 Å². The largest absolute Gasteiger partial charge is 0.301 e. The van der Waals surface area contributed by atoms with Crippen molar-refractivity contribution in [1.82, 2.24) is 19.7 Å². The van der Waals surface area contributed by atoms with E-state index >= 15 is 0 Å². The van der Waals surface area contributed by atoms with Gasteiger partial charge in [-0.3, -0.25) is 9.36 Å². The molecule has 0 spiro atoms. The normalized spacial score (nSPS) is 12.0. The lowest BCUT2D eigenvalue weighted by molar-refractivity contribution is -0.115. The number of nitrogens with one attached hydrogen (secondary N) is 1. The molecule has 0 unspecified atom stereocenters. The quantitative estimate of drug-likeness (QED) is 0.454. The number of thiazole rings is 1. The Balaban J connectivity index is 1.80. The second-order valence-electron chi connectivity index (χ2n) is 6.10. The molecule has 9 heteroatoms. The van der Waals surface area contributed by atoms with Gasteiger partial charge in [0.05, 0.1) is 16.5 Å². The molecule has 0 aliphatic heterocycles. The van der Waals surface area contributed by atoms with E-state index in [9.17, 15) is 9.18 Å². The number of rotatable bonds is 7. The molecule has 1 amide bonds. The number of aromatic nitrogens is 4. The van der Waals surface area contributed by atoms with Gasteiger partial charge in [0.1, 0.15) is 5.82 Å². The van der Waals surface area contributed by atoms with Crippen LogP contribution in [0.1, 0.15) is 17.5 Å². The number of aryl methyl sites for hydroxylation is 2. The molecule has 0 bridgehead atoms. The van der Waals surface area contributed by atoms with Gasteiger partial charge in [-0.05, 0) is 32.9 Å². The van der Waals surface area contributed by atoms with Crippen molar-refractivity contribution in [3.8, 4) is 11.4 Å². The highest BCUT2D eigenvalue weighted by Crippen LogP contribution is 2.29. The molecule has 0 aliphatic rings. The molecule has 2 aromatic heterocycles. The van der Waals surface area contributed by atoms with Gasteiger partial charge in [-0.1, -0.05) is 30.0 Å². The fourth-order valence-electron chi connectivity index (χ4n) is 2.46. The molecular formula is C19H20FN5OS2. The molecule has 0 aliphatic carbocycles. The summed E-state index contributed by atoms with van der Waals surface area (Å²) in [7, 11) is 0. The van der Waals surface area contributed by atoms with Gasteiger partial charge in [-0.15, -0.1) is 28.1 Å². The number of hydrogen-bond donors (Lipinski definition) is 1. The molecule has 3 rings (SSSR count). The molecule has 1 atom stereocenters. The average Bonchev–Trinajstić information content (AvgIpc) is 3.19. The molecule has 0 fully saturated rings. The number of amides is 1. The average molecular weight is 418 g/mol. The van der Waals surface area contributed by atoms with E-state index in [0.29, 0.717) is 28.2 Å². The Labute approximate surface area is 170 Å². The van der Waals surface area contributed by atoms with Crippen molar-refractivity contribution >= 4 is 34.1 Å². The third-order valence-electron chi connectivity index (χ3n) is 4.05. The van der Waals surface area contributed by atoms with E-state index in [-0.39, 0.29) is 11.7 Å². The highest BCUT2D eigenvalue weighted by Gasteiger charge is 2.22. The van der Waals surface area contributed by atoms with Crippen LogP contribution in [0.15, 0.2) is 42.1 Å². The number of benzene rings is 1. The van der Waals surface area contributed by atoms with E-state index in [0.717, 1.165) is 10.6 Å². The van der Waals surface area contributed by atoms with Crippen LogP contribution in [0.2, 0.25) is 0 Å². The van der Waals surface area contributed by atoms with Crippen LogP contribution in [0.5, 0.6) is 0 Å². The number of halogens is 1. The Kier molecular flexibility index (Phi) is 6.25. The molecule has 146 valence electrons. The first kappa shape index (κ1) is 20.2. The van der Waals surface area contributed by atoms with Gasteiger partial charge in [0, 0.05) is 11.4 Å². The van der Waals surface area contributed by atoms with Crippen LogP contribution >= 0.6 is 23.1 Å². The Morgan fingerprint density at radius 1 is 1.39 bits per heavy atom. The lowest BCUT2D eigenvalue weighted by atomic mass is 10.2. The van der Waals surface area contributed by atoms with Gasteiger partial charge in [0.25, 0.3) is 0 Å². The zero-order valence-electron chi connectivity index (χ0n) is 15.8. The third-order valence-corrected chi connectivity index (χ3v) is 6.12. The fraction of sp³-hybridized carbons (Fsp3) is 0.263. The maximum Gasteiger partial charge on any atom is 0.239 e. The number of carbonyl (C=O) groups excluding carboxylic acids is 1. The molecule has 1 N–H and O–H groups in total. The number of nitrogens with zero attached hydrogens (tertiary/aromatic N) is 4. The second kappa shape index (κ2) is 8.66. The number of carbonyl (C=O) groups is 1. The first-order valence-electron chi connectivity index (χ1n) is 8.61. The highest BCUT2D eigenvalue weighted by atomic mass is 32.2. The molecular weight excluding hydrogens is 397 g/mol. The summed E-state index contributed by atoms with van der Waals surface area (Å²) in [6, 6.07) is 6.39. The first-order chi connectivity index (χ1) is 13.4. The van der Waals surface area contributed by atoms with Crippen molar-refractivity contribution in [1.29, 1.82) is 0 Å². The fourth-order valence-corrected chi connectivity index (χ4v) is 4.13. The van der Waals surface area contributed by atoms with E-state index in [1.165, 1.54) is 29.2 Å². The van der Waals surface area contributed by atoms with Crippen molar-refractivity contribution in [2.45, 2.75) is 37.7 Å². The van der Waals surface area contributed by atoms with Crippen molar-refractivity contribution in [2.75, 3.05) is 5.32 Å². The van der Waals surface area contributed by atoms with Crippen molar-refractivity contribution in [3.05, 3.63) is 53.3 Å². The topological polar surface area (TPSA) is 72.7 Å². The standard InChI is InChI=1S/C19H20FN5OS2/c1-5-10-25-16(14-8-6-7-9-15(14)20)23-24-19(25)28-13(4)17(26)22-18-21-11(2)12(3)27-18/h5-9,13H,1,10H2,2-4H3,(H,21,22,26)/t13-/m1/s1. The zero-order chi connectivity index (χ0) is 20.3. The summed E-state index contributed by atoms with van der Waals surface area (Å²) < 4.78 is 15.9. The predicted octanol–water partition coefficient (Wildman–Crippen LogP) is 4.46. The SMILES string of the molecule is C=CCn1c(S[C@H](C)C(=O)Nc2nc(C)c(C)s2)nnc1-c1ccccc1F. The number of anilines is 1. The smallest absolute Gasteiger partial charge is 0.239 e. The van der Waals surface area contributed by atoms with Crippen LogP contribution in [-0.4, -0.2) is 30.9 Å². The van der Waals surface area contributed by atoms with Crippen molar-refractivity contribution < 1.29 is 9.18 Å². The molecule has 0 saturated heterocycles. The van der Waals surface area contributed by atoms with Gasteiger partial charge in [-0.2, -0.15) is 0 Å². The number of allylic oxidation sites excluding steroid dienone is 1. The minimum absolute atomic E-state index is 0.181. The minimum atomic E-state index is -0.439. The van der Waals surface area contributed by atoms with Gasteiger partial charge < -0.3 is 5.32 Å². The zero-order valence-corrected chi connectivity index (χ0v) is 17.4. The number of hydrogen-bond acceptors (Lipinski definition) is 6. The van der Waals surface area contributed by atoms with E-state index in [1.54, 1.807) is 35.8 Å². The van der Waals surface area contributed by atoms with E-state index in [1.807, 2.05) is 13.8 Å². The summed E-state index contributed by atoms with van der Waals surface area (Å²) in [5.74, 6) is -0.157. The minimum Gasteiger partial charge on any atom is -0.301 e. The Bertz CT molecular complexity index is 994. The summed E-state index contributed by atoms with van der Waals surface area (Å²) in [5.41, 5.74) is 1.26. The molecule has 1 aromatic carbocycles. The summed E-state index contributed by atoms with van der Waals surface area (Å²) in [5, 5.41) is 11.8. The van der Waals surface area contributed by atoms with Gasteiger partial charge in [-0.25, -0.2) is 9.37 Å². The summed E-state index contributed by atoms with van der Waals surface area (Å²) in [4.78, 5) is 17.9. The number of thioether (sulfide) groups is 1. The Morgan fingerprint density at radius 3 is 2.79 bits per heavy atom. The summed E-state index contributed by atoms with van der Waals surface area (Å²) in [6.07, 6.45) is 1.68. The van der Waals surface area contributed by atoms with E-state index in [2.05, 4.69) is 27.1 Å². The van der Waals surface area contributed by atoms with Crippen molar-refractivity contribution in [3.63, 3.8) is 0 Å². The molecule has 28 heavy (non-hydrogen) atoms. The highest BCUT2D eigenvalue weighted by molar-refractivity contribution is 8.00. The molecule has 0 radical (unpaired) electrons. The predicted molar refractivity (Wildman–Crippen MR) is 111 cm³/mol. The monoisotopic (exact) mass is 417 g/mol. The van der Waals surface area contributed by atoms with Gasteiger partial charge in [0.15, 0.2) is 16.1 Å². The second-order valence-corrected chi connectivity index (χ2v) is 8.61. The molecule has 3 aromatic rings. The maximum atomic E-state index is 14.2. The van der Waals surface area contributed by atoms with Crippen LogP contribution < -0.4 is 5.32 Å². The maximum absolute atomic E-state index is 14.2. The third kappa shape index (κ3) is 4.31. The molecule has 2 heterocycles. The Morgan fingerprint density at radius 2 is 2.14 bits per heavy atom. The summed E-state index contributed by atoms with van der Waals surface area (Å²) >= 11 is 2.69.